The molecule has 1 aromatic rings. The minimum absolute atomic E-state index is 0.0499. The van der Waals surface area contributed by atoms with Crippen molar-refractivity contribution < 1.29 is 15.0 Å². The predicted octanol–water partition coefficient (Wildman–Crippen LogP) is 4.76. The van der Waals surface area contributed by atoms with Crippen molar-refractivity contribution in [2.75, 3.05) is 18.0 Å². The first-order valence-electron chi connectivity index (χ1n) is 9.95. The Morgan fingerprint density at radius 1 is 1.19 bits per heavy atom. The highest BCUT2D eigenvalue weighted by Gasteiger charge is 2.27. The highest BCUT2D eigenvalue weighted by atomic mass is 16.4. The monoisotopic (exact) mass is 380 g/mol. The van der Waals surface area contributed by atoms with E-state index < -0.39 is 11.6 Å². The van der Waals surface area contributed by atoms with E-state index in [4.69, 9.17) is 10.2 Å². The highest BCUT2D eigenvalue weighted by Crippen LogP contribution is 2.34. The molecule has 2 heterocycles. The first kappa shape index (κ1) is 25.4. The summed E-state index contributed by atoms with van der Waals surface area (Å²) in [5.41, 5.74) is 3.61. The normalized spacial score (nSPS) is 15.9. The Bertz CT molecular complexity index is 588. The first-order valence-corrected chi connectivity index (χ1v) is 9.95. The molecular weight excluding hydrogens is 340 g/mol. The average molecular weight is 381 g/mol. The maximum absolute atomic E-state index is 11.1. The summed E-state index contributed by atoms with van der Waals surface area (Å²) in [5, 5.41) is 17.6. The fourth-order valence-corrected chi connectivity index (χ4v) is 2.84. The number of hydrogen-bond donors (Lipinski definition) is 2. The summed E-state index contributed by atoms with van der Waals surface area (Å²) in [6, 6.07) is 2.03. The summed E-state index contributed by atoms with van der Waals surface area (Å²) in [6.45, 7) is 19.7. The van der Waals surface area contributed by atoms with Crippen LogP contribution in [0.4, 0.5) is 5.69 Å². The Labute approximate surface area is 165 Å². The Balaban J connectivity index is 0.000000838. The van der Waals surface area contributed by atoms with Gasteiger partial charge in [0.05, 0.1) is 12.0 Å². The topological polar surface area (TPSA) is 73.7 Å². The molecule has 0 unspecified atom stereocenters. The van der Waals surface area contributed by atoms with E-state index in [2.05, 4.69) is 23.7 Å². The Kier molecular flexibility index (Phi) is 10.0. The van der Waals surface area contributed by atoms with Gasteiger partial charge in [0.2, 0.25) is 0 Å². The zero-order valence-electron chi connectivity index (χ0n) is 18.8. The lowest BCUT2D eigenvalue weighted by molar-refractivity contribution is -0.136. The van der Waals surface area contributed by atoms with E-state index in [0.717, 1.165) is 48.6 Å². The molecule has 1 saturated heterocycles. The van der Waals surface area contributed by atoms with E-state index in [-0.39, 0.29) is 6.42 Å². The summed E-state index contributed by atoms with van der Waals surface area (Å²) < 4.78 is 0. The lowest BCUT2D eigenvalue weighted by Crippen LogP contribution is -2.38. The van der Waals surface area contributed by atoms with Crippen LogP contribution in [-0.2, 0) is 11.2 Å². The van der Waals surface area contributed by atoms with Crippen LogP contribution in [0.25, 0.3) is 0 Å². The second-order valence-electron chi connectivity index (χ2n) is 8.74. The molecule has 0 saturated carbocycles. The Morgan fingerprint density at radius 3 is 2.04 bits per heavy atom. The van der Waals surface area contributed by atoms with E-state index in [1.165, 1.54) is 0 Å². The van der Waals surface area contributed by atoms with Gasteiger partial charge in [-0.05, 0) is 58.9 Å². The average Bonchev–Trinajstić information content (AvgIpc) is 2.50. The van der Waals surface area contributed by atoms with Gasteiger partial charge in [-0.2, -0.15) is 0 Å². The molecule has 1 aliphatic heterocycles. The molecule has 27 heavy (non-hydrogen) atoms. The van der Waals surface area contributed by atoms with Crippen molar-refractivity contribution in [2.45, 2.75) is 87.2 Å². The molecule has 0 spiro atoms. The molecule has 2 N–H and O–H groups in total. The molecule has 0 aliphatic carbocycles. The Hall–Kier alpha value is -1.62. The van der Waals surface area contributed by atoms with Crippen LogP contribution >= 0.6 is 0 Å². The van der Waals surface area contributed by atoms with Crippen LogP contribution in [0.1, 0.15) is 78.3 Å². The van der Waals surface area contributed by atoms with E-state index >= 15 is 0 Å². The van der Waals surface area contributed by atoms with Gasteiger partial charge in [-0.15, -0.1) is 0 Å². The van der Waals surface area contributed by atoms with Gasteiger partial charge >= 0.3 is 5.97 Å². The van der Waals surface area contributed by atoms with Gasteiger partial charge in [-0.1, -0.05) is 27.7 Å². The van der Waals surface area contributed by atoms with Crippen LogP contribution < -0.4 is 4.90 Å². The van der Waals surface area contributed by atoms with E-state index in [1.54, 1.807) is 20.8 Å². The molecule has 2 rings (SSSR count). The van der Waals surface area contributed by atoms with Crippen molar-refractivity contribution in [3.63, 3.8) is 0 Å². The van der Waals surface area contributed by atoms with Crippen molar-refractivity contribution in [3.05, 3.63) is 23.0 Å². The molecule has 0 atom stereocenters. The highest BCUT2D eigenvalue weighted by molar-refractivity contribution is 5.74. The van der Waals surface area contributed by atoms with E-state index in [0.29, 0.717) is 5.41 Å². The largest absolute Gasteiger partial charge is 0.481 e. The minimum Gasteiger partial charge on any atom is -0.481 e. The number of nitrogens with zero attached hydrogens (tertiary/aromatic N) is 2. The van der Waals surface area contributed by atoms with Crippen LogP contribution in [0.15, 0.2) is 6.07 Å². The van der Waals surface area contributed by atoms with Gasteiger partial charge in [0.25, 0.3) is 0 Å². The molecular formula is C22H40N2O3. The minimum atomic E-state index is -0.794. The fraction of sp³-hybridized carbons (Fsp3) is 0.727. The number of piperidine rings is 1. The lowest BCUT2D eigenvalue weighted by Gasteiger charge is -2.39. The van der Waals surface area contributed by atoms with Crippen molar-refractivity contribution >= 4 is 11.7 Å². The fourth-order valence-electron chi connectivity index (χ4n) is 2.84. The van der Waals surface area contributed by atoms with Gasteiger partial charge in [0.15, 0.2) is 0 Å². The summed E-state index contributed by atoms with van der Waals surface area (Å²) in [6.07, 6.45) is 2.33. The van der Waals surface area contributed by atoms with Crippen LogP contribution in [-0.4, -0.2) is 39.9 Å². The van der Waals surface area contributed by atoms with Crippen molar-refractivity contribution in [2.24, 2.45) is 5.41 Å². The van der Waals surface area contributed by atoms with E-state index in [1.807, 2.05) is 33.8 Å². The third-order valence-corrected chi connectivity index (χ3v) is 4.22. The van der Waals surface area contributed by atoms with Gasteiger partial charge in [0.1, 0.15) is 0 Å². The summed E-state index contributed by atoms with van der Waals surface area (Å²) >= 11 is 0. The molecule has 1 aromatic heterocycles. The smallest absolute Gasteiger partial charge is 0.307 e. The Morgan fingerprint density at radius 2 is 1.63 bits per heavy atom. The number of carbonyl (C=O) groups is 1. The van der Waals surface area contributed by atoms with Crippen molar-refractivity contribution in [3.8, 4) is 0 Å². The summed E-state index contributed by atoms with van der Waals surface area (Å²) in [4.78, 5) is 17.8. The van der Waals surface area contributed by atoms with Crippen molar-refractivity contribution in [1.29, 1.82) is 0 Å². The number of hydrogen-bond acceptors (Lipinski definition) is 4. The molecule has 1 aliphatic rings. The zero-order valence-corrected chi connectivity index (χ0v) is 18.8. The molecule has 5 heteroatoms. The molecule has 0 bridgehead atoms. The zero-order chi connectivity index (χ0) is 21.4. The van der Waals surface area contributed by atoms with Gasteiger partial charge in [-0.25, -0.2) is 0 Å². The number of carboxylic acid groups (broad SMARTS) is 1. The van der Waals surface area contributed by atoms with Crippen molar-refractivity contribution in [1.82, 2.24) is 4.98 Å². The van der Waals surface area contributed by atoms with E-state index in [9.17, 15) is 4.79 Å². The van der Waals surface area contributed by atoms with Crippen LogP contribution in [0.2, 0.25) is 0 Å². The number of aliphatic carboxylic acids is 1. The first-order chi connectivity index (χ1) is 12.3. The number of pyridine rings is 1. The van der Waals surface area contributed by atoms with Gasteiger partial charge in [0, 0.05) is 35.7 Å². The molecule has 0 aromatic carbocycles. The van der Waals surface area contributed by atoms with Gasteiger partial charge in [-0.3, -0.25) is 9.78 Å². The standard InChI is InChI=1S/C16H24N2O2.C4H10O.C2H6/c1-11-9-14(13(10-15(19)20)12(2)17-11)18-7-5-16(3,4)6-8-18;1-4(2,3)5;1-2/h9H,5-8,10H2,1-4H3,(H,19,20);5H,1-3H3;1-2H3. The third kappa shape index (κ3) is 10.3. The lowest BCUT2D eigenvalue weighted by atomic mass is 9.82. The number of carboxylic acids is 1. The SMILES string of the molecule is CC.CC(C)(C)O.Cc1cc(N2CCC(C)(C)CC2)c(CC(=O)O)c(C)n1. The molecule has 156 valence electrons. The number of aryl methyl sites for hydroxylation is 2. The number of aliphatic hydroxyl groups is 1. The summed E-state index contributed by atoms with van der Waals surface area (Å²) in [7, 11) is 0. The number of aromatic nitrogens is 1. The quantitative estimate of drug-likeness (QED) is 0.791. The number of anilines is 1. The van der Waals surface area contributed by atoms with Gasteiger partial charge < -0.3 is 15.1 Å². The molecule has 5 nitrogen and oxygen atoms in total. The predicted molar refractivity (Wildman–Crippen MR) is 114 cm³/mol. The van der Waals surface area contributed by atoms with Crippen LogP contribution in [0, 0.1) is 19.3 Å². The maximum Gasteiger partial charge on any atom is 0.307 e. The number of rotatable bonds is 3. The maximum atomic E-state index is 11.1. The second kappa shape index (κ2) is 10.6. The van der Waals surface area contributed by atoms with Crippen LogP contribution in [0.5, 0.6) is 0 Å². The second-order valence-corrected chi connectivity index (χ2v) is 8.74. The summed E-state index contributed by atoms with van der Waals surface area (Å²) in [5.74, 6) is -0.794. The molecule has 1 fully saturated rings. The third-order valence-electron chi connectivity index (χ3n) is 4.22. The van der Waals surface area contributed by atoms with Crippen LogP contribution in [0.3, 0.4) is 0 Å². The molecule has 0 radical (unpaired) electrons. The molecule has 0 amide bonds.